The molecule has 5 nitrogen and oxygen atoms in total. The Kier molecular flexibility index (Phi) is 7.52. The lowest BCUT2D eigenvalue weighted by atomic mass is 9.73. The van der Waals surface area contributed by atoms with Crippen LogP contribution in [0.2, 0.25) is 0 Å². The third-order valence-corrected chi connectivity index (χ3v) is 6.04. The zero-order chi connectivity index (χ0) is 19.9. The van der Waals surface area contributed by atoms with Crippen molar-refractivity contribution in [1.29, 1.82) is 0 Å². The van der Waals surface area contributed by atoms with Gasteiger partial charge in [0.05, 0.1) is 6.54 Å². The van der Waals surface area contributed by atoms with Crippen LogP contribution in [0.25, 0.3) is 0 Å². The van der Waals surface area contributed by atoms with Gasteiger partial charge in [-0.1, -0.05) is 25.3 Å². The van der Waals surface area contributed by atoms with Gasteiger partial charge < -0.3 is 15.5 Å². The van der Waals surface area contributed by atoms with Gasteiger partial charge in [-0.25, -0.2) is 0 Å². The van der Waals surface area contributed by atoms with E-state index in [9.17, 15) is 18.0 Å². The van der Waals surface area contributed by atoms with Crippen LogP contribution in [0.15, 0.2) is 22.5 Å². The van der Waals surface area contributed by atoms with E-state index >= 15 is 0 Å². The Hall–Kier alpha value is -1.77. The van der Waals surface area contributed by atoms with E-state index in [0.717, 1.165) is 19.9 Å². The average molecular weight is 405 g/mol. The quantitative estimate of drug-likeness (QED) is 0.566. The van der Waals surface area contributed by atoms with E-state index in [4.69, 9.17) is 0 Å². The minimum absolute atomic E-state index is 0.0428. The van der Waals surface area contributed by atoms with Gasteiger partial charge in [0.2, 0.25) is 5.91 Å². The van der Waals surface area contributed by atoms with E-state index < -0.39 is 18.6 Å². The van der Waals surface area contributed by atoms with Gasteiger partial charge in [0.25, 0.3) is 0 Å². The molecule has 27 heavy (non-hydrogen) atoms. The molecule has 0 atom stereocenters. The van der Waals surface area contributed by atoms with E-state index in [1.54, 1.807) is 18.4 Å². The first-order valence-corrected chi connectivity index (χ1v) is 9.93. The minimum Gasteiger partial charge on any atom is -0.355 e. The summed E-state index contributed by atoms with van der Waals surface area (Å²) in [5.74, 6) is -0.217. The molecule has 2 rings (SSSR count). The highest BCUT2D eigenvalue weighted by Gasteiger charge is 2.35. The average Bonchev–Trinajstić information content (AvgIpc) is 3.16. The maximum atomic E-state index is 12.4. The number of halogens is 3. The number of guanidine groups is 1. The summed E-state index contributed by atoms with van der Waals surface area (Å²) in [6.07, 6.45) is 1.35. The van der Waals surface area contributed by atoms with Crippen molar-refractivity contribution in [3.8, 4) is 0 Å². The molecule has 1 amide bonds. The van der Waals surface area contributed by atoms with Crippen LogP contribution < -0.4 is 10.6 Å². The van der Waals surface area contributed by atoms with Gasteiger partial charge in [0.1, 0.15) is 6.54 Å². The molecule has 1 aromatic heterocycles. The number of likely N-dealkylation sites (N-methyl/N-ethyl adjacent to an activating group) is 1. The largest absolute Gasteiger partial charge is 0.406 e. The number of aliphatic imine (C=N–C) groups is 1. The highest BCUT2D eigenvalue weighted by molar-refractivity contribution is 7.10. The molecule has 9 heteroatoms. The summed E-state index contributed by atoms with van der Waals surface area (Å²) in [4.78, 5) is 18.0. The summed E-state index contributed by atoms with van der Waals surface area (Å²) in [5, 5.41) is 8.16. The van der Waals surface area contributed by atoms with E-state index in [1.807, 2.05) is 0 Å². The van der Waals surface area contributed by atoms with Crippen molar-refractivity contribution in [2.24, 2.45) is 4.99 Å². The van der Waals surface area contributed by atoms with Gasteiger partial charge in [0.15, 0.2) is 5.96 Å². The Balaban J connectivity index is 1.90. The molecule has 1 aliphatic rings. The third-order valence-electron chi connectivity index (χ3n) is 4.92. The molecule has 2 N–H and O–H groups in total. The maximum Gasteiger partial charge on any atom is 0.406 e. The number of hydrogen-bond donors (Lipinski definition) is 2. The van der Waals surface area contributed by atoms with Gasteiger partial charge in [0, 0.05) is 30.9 Å². The van der Waals surface area contributed by atoms with E-state index in [-0.39, 0.29) is 12.0 Å². The molecule has 0 aromatic carbocycles. The Bertz CT molecular complexity index is 625. The summed E-state index contributed by atoms with van der Waals surface area (Å²) in [6.45, 7) is -0.820. The first-order chi connectivity index (χ1) is 12.8. The predicted octanol–water partition coefficient (Wildman–Crippen LogP) is 3.14. The lowest BCUT2D eigenvalue weighted by Gasteiger charge is -2.37. The fraction of sp³-hybridized carbons (Fsp3) is 0.667. The summed E-state index contributed by atoms with van der Waals surface area (Å²) in [7, 11) is 2.72. The Morgan fingerprint density at radius 3 is 2.56 bits per heavy atom. The molecule has 152 valence electrons. The van der Waals surface area contributed by atoms with Crippen LogP contribution in [0.1, 0.15) is 37.0 Å². The van der Waals surface area contributed by atoms with Crippen LogP contribution in [0.3, 0.4) is 0 Å². The summed E-state index contributed by atoms with van der Waals surface area (Å²) in [5.41, 5.74) is 0.0428. The summed E-state index contributed by atoms with van der Waals surface area (Å²) < 4.78 is 37.2. The fourth-order valence-corrected chi connectivity index (χ4v) is 4.43. The Morgan fingerprint density at radius 2 is 2.00 bits per heavy atom. The number of rotatable bonds is 6. The van der Waals surface area contributed by atoms with Crippen molar-refractivity contribution in [3.63, 3.8) is 0 Å². The Morgan fingerprint density at radius 1 is 1.30 bits per heavy atom. The fourth-order valence-electron chi connectivity index (χ4n) is 3.44. The second-order valence-corrected chi connectivity index (χ2v) is 7.91. The van der Waals surface area contributed by atoms with Crippen molar-refractivity contribution in [3.05, 3.63) is 22.4 Å². The number of carbonyl (C=O) groups excluding carboxylic acids is 1. The molecule has 1 heterocycles. The van der Waals surface area contributed by atoms with E-state index in [0.29, 0.717) is 17.4 Å². The third kappa shape index (κ3) is 6.41. The molecular weight excluding hydrogens is 377 g/mol. The maximum absolute atomic E-state index is 12.4. The van der Waals surface area contributed by atoms with Crippen molar-refractivity contribution in [2.45, 2.75) is 43.7 Å². The van der Waals surface area contributed by atoms with Crippen LogP contribution in [-0.2, 0) is 10.2 Å². The number of amides is 1. The van der Waals surface area contributed by atoms with Crippen molar-refractivity contribution < 1.29 is 18.0 Å². The zero-order valence-electron chi connectivity index (χ0n) is 15.7. The van der Waals surface area contributed by atoms with E-state index in [2.05, 4.69) is 33.1 Å². The summed E-state index contributed by atoms with van der Waals surface area (Å²) >= 11 is 1.75. The normalized spacial score (nSPS) is 17.4. The monoisotopic (exact) mass is 404 g/mol. The van der Waals surface area contributed by atoms with Crippen LogP contribution >= 0.6 is 11.3 Å². The molecule has 1 fully saturated rings. The van der Waals surface area contributed by atoms with Crippen LogP contribution in [-0.4, -0.2) is 56.7 Å². The lowest BCUT2D eigenvalue weighted by molar-refractivity contribution is -0.157. The van der Waals surface area contributed by atoms with Gasteiger partial charge in [-0.3, -0.25) is 9.79 Å². The minimum atomic E-state index is -4.40. The smallest absolute Gasteiger partial charge is 0.355 e. The molecule has 0 spiro atoms. The number of carbonyl (C=O) groups is 1. The molecule has 1 aliphatic carbocycles. The van der Waals surface area contributed by atoms with Crippen LogP contribution in [0, 0.1) is 0 Å². The van der Waals surface area contributed by atoms with Gasteiger partial charge >= 0.3 is 6.18 Å². The topological polar surface area (TPSA) is 56.7 Å². The van der Waals surface area contributed by atoms with Gasteiger partial charge in [-0.05, 0) is 24.3 Å². The highest BCUT2D eigenvalue weighted by Crippen LogP contribution is 2.41. The highest BCUT2D eigenvalue weighted by atomic mass is 32.1. The number of alkyl halides is 3. The number of nitrogens with one attached hydrogen (secondary N) is 2. The molecule has 1 aromatic rings. The lowest BCUT2D eigenvalue weighted by Crippen LogP contribution is -2.49. The first-order valence-electron chi connectivity index (χ1n) is 9.05. The van der Waals surface area contributed by atoms with Crippen molar-refractivity contribution >= 4 is 23.2 Å². The van der Waals surface area contributed by atoms with E-state index in [1.165, 1.54) is 24.1 Å². The number of thiophene rings is 1. The molecular formula is C18H27F3N4OS. The molecule has 0 saturated heterocycles. The predicted molar refractivity (Wildman–Crippen MR) is 102 cm³/mol. The van der Waals surface area contributed by atoms with Gasteiger partial charge in [-0.15, -0.1) is 11.3 Å². The SMILES string of the molecule is CN=C(NCC(=O)N(C)CC(F)(F)F)NCC1(c2cccs2)CCCCC1. The molecule has 1 saturated carbocycles. The number of nitrogens with zero attached hydrogens (tertiary/aromatic N) is 2. The van der Waals surface area contributed by atoms with Crippen LogP contribution in [0.4, 0.5) is 13.2 Å². The van der Waals surface area contributed by atoms with Gasteiger partial charge in [-0.2, -0.15) is 13.2 Å². The van der Waals surface area contributed by atoms with Crippen LogP contribution in [0.5, 0.6) is 0 Å². The van der Waals surface area contributed by atoms with Crippen molar-refractivity contribution in [1.82, 2.24) is 15.5 Å². The zero-order valence-corrected chi connectivity index (χ0v) is 16.6. The first kappa shape index (κ1) is 21.5. The second kappa shape index (κ2) is 9.43. The number of hydrogen-bond acceptors (Lipinski definition) is 3. The molecule has 0 bridgehead atoms. The molecule has 0 aliphatic heterocycles. The Labute approximate surface area is 162 Å². The molecule has 0 unspecified atom stereocenters. The summed E-state index contributed by atoms with van der Waals surface area (Å²) in [6, 6.07) is 4.21. The van der Waals surface area contributed by atoms with Crippen molar-refractivity contribution in [2.75, 3.05) is 33.7 Å². The standard InChI is InChI=1S/C18H27F3N4OS/c1-22-16(23-11-15(26)25(2)13-18(19,20)21)24-12-17(8-4-3-5-9-17)14-7-6-10-27-14/h6-7,10H,3-5,8-9,11-13H2,1-2H3,(H2,22,23,24). The second-order valence-electron chi connectivity index (χ2n) is 6.96. The molecule has 0 radical (unpaired) electrons.